The van der Waals surface area contributed by atoms with Crippen LogP contribution in [0.2, 0.25) is 0 Å². The number of carbonyl (C=O) groups excluding carboxylic acids is 5. The lowest BCUT2D eigenvalue weighted by Crippen LogP contribution is -2.53. The number of amides is 4. The summed E-state index contributed by atoms with van der Waals surface area (Å²) in [7, 11) is -0.0742. The van der Waals surface area contributed by atoms with Crippen LogP contribution in [-0.4, -0.2) is 118 Å². The molecule has 4 amide bonds. The molecule has 2 heterocycles. The Morgan fingerprint density at radius 1 is 0.479 bits per heavy atom. The molecule has 2 atom stereocenters. The van der Waals surface area contributed by atoms with Gasteiger partial charge in [-0.05, 0) is 224 Å². The van der Waals surface area contributed by atoms with Crippen molar-refractivity contribution in [3.05, 3.63) is 57.6 Å². The van der Waals surface area contributed by atoms with Crippen molar-refractivity contribution in [3.63, 3.8) is 0 Å². The molecule has 2 aliphatic rings. The van der Waals surface area contributed by atoms with Gasteiger partial charge in [-0.25, -0.2) is 28.9 Å². The second-order valence-electron chi connectivity index (χ2n) is 25.4. The zero-order chi connectivity index (χ0) is 56.6. The molecule has 0 aliphatic carbocycles. The molecule has 4 rings (SSSR count). The van der Waals surface area contributed by atoms with E-state index in [4.69, 9.17) is 42.3 Å². The van der Waals surface area contributed by atoms with Crippen LogP contribution < -0.4 is 10.9 Å². The second-order valence-corrected chi connectivity index (χ2v) is 25.4. The quantitative estimate of drug-likeness (QED) is 0.132. The first-order valence-electron chi connectivity index (χ1n) is 25.2. The number of esters is 1. The third kappa shape index (κ3) is 16.7. The van der Waals surface area contributed by atoms with E-state index in [1.54, 1.807) is 83.1 Å². The Bertz CT molecular complexity index is 2260. The second kappa shape index (κ2) is 22.3. The zero-order valence-corrected chi connectivity index (χ0v) is 49.1. The van der Waals surface area contributed by atoms with Gasteiger partial charge >= 0.3 is 44.6 Å². The molecule has 2 aromatic rings. The fraction of sp³-hybridized carbons (Fsp3) is 0.691. The molecule has 2 aliphatic heterocycles. The van der Waals surface area contributed by atoms with E-state index >= 15 is 0 Å². The minimum Gasteiger partial charge on any atom is -0.467 e. The van der Waals surface area contributed by atoms with Gasteiger partial charge in [-0.3, -0.25) is 0 Å². The third-order valence-corrected chi connectivity index (χ3v) is 13.0. The van der Waals surface area contributed by atoms with E-state index in [-0.39, 0.29) is 6.42 Å². The van der Waals surface area contributed by atoms with Crippen LogP contribution >= 0.6 is 0 Å². The molecule has 0 N–H and O–H groups in total. The van der Waals surface area contributed by atoms with Crippen LogP contribution in [0, 0.1) is 27.7 Å². The summed E-state index contributed by atoms with van der Waals surface area (Å²) in [6.07, 6.45) is -3.17. The maximum atomic E-state index is 13.3. The maximum absolute atomic E-state index is 13.3. The van der Waals surface area contributed by atoms with E-state index in [9.17, 15) is 24.0 Å². The molecule has 18 heteroatoms. The van der Waals surface area contributed by atoms with Crippen LogP contribution in [0.5, 0.6) is 0 Å². The molecule has 16 nitrogen and oxygen atoms in total. The monoisotopic (exact) mass is 1020 g/mol. The van der Waals surface area contributed by atoms with E-state index in [0.717, 1.165) is 38.2 Å². The SMILES string of the molecule is COC(=O)[C@H](Cc1cc(C)c(C)cc1B1OC(C)(C)C(C)(C)O1)N(C(=O)OC(C)(C)C)C(=O)OC(C)(C)C.Cc1cc(C[C@@H](C)N(C(=O)OC(C)(C)C)C(=O)OC(C)(C)C)c(B2OC(C)(C)C(C)(C)O2)cc1C. The van der Waals surface area contributed by atoms with Crippen molar-refractivity contribution in [2.75, 3.05) is 7.11 Å². The number of nitrogens with zero attached hydrogens (tertiary/aromatic N) is 2. The normalized spacial score (nSPS) is 17.9. The van der Waals surface area contributed by atoms with Gasteiger partial charge in [-0.2, -0.15) is 4.90 Å². The molecule has 0 bridgehead atoms. The molecule has 2 fully saturated rings. The summed E-state index contributed by atoms with van der Waals surface area (Å²) in [6.45, 7) is 46.3. The average Bonchev–Trinajstić information content (AvgIpc) is 3.52. The number of imide groups is 2. The van der Waals surface area contributed by atoms with Crippen molar-refractivity contribution in [1.82, 2.24) is 9.80 Å². The highest BCUT2D eigenvalue weighted by Crippen LogP contribution is 2.38. The Labute approximate surface area is 437 Å². The van der Waals surface area contributed by atoms with Gasteiger partial charge in [0.2, 0.25) is 0 Å². The Morgan fingerprint density at radius 3 is 1.01 bits per heavy atom. The summed E-state index contributed by atoms with van der Waals surface area (Å²) in [5.74, 6) is -0.792. The molecule has 0 radical (unpaired) electrons. The van der Waals surface area contributed by atoms with Crippen molar-refractivity contribution in [1.29, 1.82) is 0 Å². The largest absolute Gasteiger partial charge is 0.495 e. The molecule has 408 valence electrons. The third-order valence-electron chi connectivity index (χ3n) is 13.0. The molecular formula is C55H88B2N2O14. The van der Waals surface area contributed by atoms with Crippen molar-refractivity contribution >= 4 is 55.5 Å². The Hall–Kier alpha value is -4.64. The van der Waals surface area contributed by atoms with Crippen molar-refractivity contribution in [2.24, 2.45) is 0 Å². The number of ether oxygens (including phenoxy) is 5. The summed E-state index contributed by atoms with van der Waals surface area (Å²) in [6, 6.07) is 6.11. The molecule has 0 aromatic heterocycles. The summed E-state index contributed by atoms with van der Waals surface area (Å²) in [5, 5.41) is 0. The summed E-state index contributed by atoms with van der Waals surface area (Å²) >= 11 is 0. The minimum absolute atomic E-state index is 0.0638. The first-order valence-corrected chi connectivity index (χ1v) is 25.2. The van der Waals surface area contributed by atoms with Gasteiger partial charge in [0, 0.05) is 12.5 Å². The minimum atomic E-state index is -1.37. The molecule has 0 spiro atoms. The topological polar surface area (TPSA) is 175 Å². The Morgan fingerprint density at radius 2 is 0.740 bits per heavy atom. The van der Waals surface area contributed by atoms with Gasteiger partial charge < -0.3 is 42.3 Å². The van der Waals surface area contributed by atoms with Gasteiger partial charge in [0.1, 0.15) is 28.4 Å². The number of benzene rings is 2. The first-order chi connectivity index (χ1) is 32.7. The maximum Gasteiger partial charge on any atom is 0.495 e. The lowest BCUT2D eigenvalue weighted by molar-refractivity contribution is -0.146. The van der Waals surface area contributed by atoms with Crippen molar-refractivity contribution in [3.8, 4) is 0 Å². The smallest absolute Gasteiger partial charge is 0.467 e. The van der Waals surface area contributed by atoms with Gasteiger partial charge in [0.15, 0.2) is 0 Å². The average molecular weight is 1020 g/mol. The lowest BCUT2D eigenvalue weighted by atomic mass is 9.73. The summed E-state index contributed by atoms with van der Waals surface area (Å²) in [5.41, 5.74) is 1.87. The summed E-state index contributed by atoms with van der Waals surface area (Å²) < 4.78 is 52.5. The number of carbonyl (C=O) groups is 5. The van der Waals surface area contributed by atoms with E-state index < -0.39 is 101 Å². The zero-order valence-electron chi connectivity index (χ0n) is 49.1. The fourth-order valence-electron chi connectivity index (χ4n) is 7.57. The lowest BCUT2D eigenvalue weighted by Gasteiger charge is -2.32. The predicted octanol–water partition coefficient (Wildman–Crippen LogP) is 10.6. The standard InChI is InChI=1S/C28H44BNO8.C27H44BNO6/c1-17-14-19(20(15-18(17)2)29-37-27(9,10)28(11,12)38-29)16-21(22(31)34-13)30(23(32)35-25(3,4)5)24(33)36-26(6,7)8;1-17-14-20(21(15-18(17)2)28-34-26(10,11)27(12,13)35-28)16-19(3)29(22(30)32-24(4,5)6)23(31)33-25(7,8)9/h14-15,21H,16H2,1-13H3;14-15,19H,16H2,1-13H3/t21-;19-/m01/s1. The number of hydrogen-bond donors (Lipinski definition) is 0. The highest BCUT2D eigenvalue weighted by molar-refractivity contribution is 6.63. The first kappa shape index (κ1) is 62.7. The van der Waals surface area contributed by atoms with Crippen LogP contribution in [0.25, 0.3) is 0 Å². The van der Waals surface area contributed by atoms with Crippen molar-refractivity contribution < 1.29 is 66.3 Å². The van der Waals surface area contributed by atoms with Crippen LogP contribution in [0.1, 0.15) is 179 Å². The van der Waals surface area contributed by atoms with Crippen LogP contribution in [0.15, 0.2) is 24.3 Å². The van der Waals surface area contributed by atoms with E-state index in [2.05, 4.69) is 12.1 Å². The molecular weight excluding hydrogens is 934 g/mol. The van der Waals surface area contributed by atoms with Crippen LogP contribution in [-0.2, 0) is 59.9 Å². The highest BCUT2D eigenvalue weighted by atomic mass is 16.7. The van der Waals surface area contributed by atoms with Crippen LogP contribution in [0.3, 0.4) is 0 Å². The number of methoxy groups -OCH3 is 1. The Kier molecular flexibility index (Phi) is 19.1. The van der Waals surface area contributed by atoms with E-state index in [0.29, 0.717) is 22.3 Å². The molecule has 2 saturated heterocycles. The van der Waals surface area contributed by atoms with Gasteiger partial charge in [-0.1, -0.05) is 24.3 Å². The highest BCUT2D eigenvalue weighted by Gasteiger charge is 2.54. The van der Waals surface area contributed by atoms with E-state index in [1.165, 1.54) is 7.11 Å². The number of aryl methyl sites for hydroxylation is 4. The molecule has 0 saturated carbocycles. The summed E-state index contributed by atoms with van der Waals surface area (Å²) in [4.78, 5) is 67.8. The van der Waals surface area contributed by atoms with Gasteiger partial charge in [0.05, 0.1) is 29.5 Å². The van der Waals surface area contributed by atoms with Crippen molar-refractivity contribution in [2.45, 2.75) is 243 Å². The number of rotatable bonds is 9. The van der Waals surface area contributed by atoms with Gasteiger partial charge in [0.25, 0.3) is 0 Å². The van der Waals surface area contributed by atoms with E-state index in [1.807, 2.05) is 102 Å². The van der Waals surface area contributed by atoms with Crippen LogP contribution in [0.4, 0.5) is 19.2 Å². The number of hydrogen-bond acceptors (Lipinski definition) is 14. The fourth-order valence-corrected chi connectivity index (χ4v) is 7.57. The molecule has 0 unspecified atom stereocenters. The predicted molar refractivity (Wildman–Crippen MR) is 285 cm³/mol. The Balaban J connectivity index is 0.000000387. The van der Waals surface area contributed by atoms with Gasteiger partial charge in [-0.15, -0.1) is 0 Å². The molecule has 73 heavy (non-hydrogen) atoms. The molecule has 2 aromatic carbocycles.